The van der Waals surface area contributed by atoms with E-state index in [-0.39, 0.29) is 5.75 Å². The molecule has 17 heavy (non-hydrogen) atoms. The Morgan fingerprint density at radius 1 is 1.59 bits per heavy atom. The first-order valence-corrected chi connectivity index (χ1v) is 5.72. The van der Waals surface area contributed by atoms with Crippen molar-refractivity contribution in [2.75, 3.05) is 5.75 Å². The number of thioether (sulfide) groups is 1. The van der Waals surface area contributed by atoms with E-state index in [0.717, 1.165) is 18.0 Å². The number of rotatable bonds is 5. The standard InChI is InChI=1S/C10H11FN2O3S/c1-6(14)13-8(10(15)16)5-17-9-3-2-7(11)4-12-9/h2-4,8H,5H2,1H3,(H,13,14)(H,15,16)/t8-/m0/s1. The van der Waals surface area contributed by atoms with Gasteiger partial charge in [0.2, 0.25) is 5.91 Å². The number of hydrogen-bond acceptors (Lipinski definition) is 4. The number of carbonyl (C=O) groups excluding carboxylic acids is 1. The Balaban J connectivity index is 2.54. The topological polar surface area (TPSA) is 79.3 Å². The van der Waals surface area contributed by atoms with Gasteiger partial charge in [0, 0.05) is 12.7 Å². The number of nitrogens with one attached hydrogen (secondary N) is 1. The first kappa shape index (κ1) is 13.4. The van der Waals surface area contributed by atoms with E-state index in [4.69, 9.17) is 5.11 Å². The summed E-state index contributed by atoms with van der Waals surface area (Å²) >= 11 is 1.13. The van der Waals surface area contributed by atoms with Gasteiger partial charge in [-0.05, 0) is 12.1 Å². The molecule has 0 spiro atoms. The summed E-state index contributed by atoms with van der Waals surface area (Å²) in [5, 5.41) is 11.6. The number of halogens is 1. The quantitative estimate of drug-likeness (QED) is 0.767. The van der Waals surface area contributed by atoms with Crippen LogP contribution in [-0.2, 0) is 9.59 Å². The molecule has 1 heterocycles. The van der Waals surface area contributed by atoms with Gasteiger partial charge in [-0.2, -0.15) is 0 Å². The van der Waals surface area contributed by atoms with E-state index >= 15 is 0 Å². The van der Waals surface area contributed by atoms with Crippen LogP contribution >= 0.6 is 11.8 Å². The van der Waals surface area contributed by atoms with Crippen molar-refractivity contribution in [3.05, 3.63) is 24.1 Å². The van der Waals surface area contributed by atoms with Crippen molar-refractivity contribution in [1.29, 1.82) is 0 Å². The van der Waals surface area contributed by atoms with E-state index < -0.39 is 23.7 Å². The van der Waals surface area contributed by atoms with E-state index in [2.05, 4.69) is 10.3 Å². The predicted molar refractivity (Wildman–Crippen MR) is 60.2 cm³/mol. The van der Waals surface area contributed by atoms with Crippen LogP contribution in [0.1, 0.15) is 6.92 Å². The highest BCUT2D eigenvalue weighted by atomic mass is 32.2. The van der Waals surface area contributed by atoms with E-state index in [1.807, 2.05) is 0 Å². The van der Waals surface area contributed by atoms with Crippen LogP contribution in [0.15, 0.2) is 23.4 Å². The first-order valence-electron chi connectivity index (χ1n) is 4.73. The maximum atomic E-state index is 12.6. The minimum atomic E-state index is -1.12. The zero-order valence-electron chi connectivity index (χ0n) is 9.01. The molecule has 92 valence electrons. The number of carboxylic acids is 1. The monoisotopic (exact) mass is 258 g/mol. The van der Waals surface area contributed by atoms with Gasteiger partial charge in [-0.1, -0.05) is 0 Å². The molecule has 0 aliphatic heterocycles. The van der Waals surface area contributed by atoms with Crippen LogP contribution in [0.25, 0.3) is 0 Å². The molecule has 0 saturated carbocycles. The largest absolute Gasteiger partial charge is 0.480 e. The fourth-order valence-corrected chi connectivity index (χ4v) is 1.89. The van der Waals surface area contributed by atoms with Crippen LogP contribution < -0.4 is 5.32 Å². The Kier molecular flexibility index (Phi) is 4.89. The average Bonchev–Trinajstić information content (AvgIpc) is 2.25. The van der Waals surface area contributed by atoms with Gasteiger partial charge in [-0.15, -0.1) is 11.8 Å². The van der Waals surface area contributed by atoms with Crippen molar-refractivity contribution in [3.63, 3.8) is 0 Å². The molecule has 1 rings (SSSR count). The SMILES string of the molecule is CC(=O)N[C@@H](CSc1ccc(F)cn1)C(=O)O. The van der Waals surface area contributed by atoms with Crippen LogP contribution in [0, 0.1) is 5.82 Å². The fraction of sp³-hybridized carbons (Fsp3) is 0.300. The highest BCUT2D eigenvalue weighted by Gasteiger charge is 2.18. The lowest BCUT2D eigenvalue weighted by Crippen LogP contribution is -2.41. The lowest BCUT2D eigenvalue weighted by Gasteiger charge is -2.12. The van der Waals surface area contributed by atoms with Crippen molar-refractivity contribution >= 4 is 23.6 Å². The Morgan fingerprint density at radius 2 is 2.29 bits per heavy atom. The molecule has 0 fully saturated rings. The Bertz CT molecular complexity index is 411. The van der Waals surface area contributed by atoms with Crippen molar-refractivity contribution in [2.24, 2.45) is 0 Å². The number of carboxylic acid groups (broad SMARTS) is 1. The number of aliphatic carboxylic acids is 1. The van der Waals surface area contributed by atoms with Gasteiger partial charge >= 0.3 is 5.97 Å². The second-order valence-corrected chi connectivity index (χ2v) is 4.26. The third kappa shape index (κ3) is 4.81. The summed E-state index contributed by atoms with van der Waals surface area (Å²) in [7, 11) is 0. The van der Waals surface area contributed by atoms with Gasteiger partial charge in [-0.3, -0.25) is 4.79 Å². The molecular formula is C10H11FN2O3S. The number of aromatic nitrogens is 1. The maximum Gasteiger partial charge on any atom is 0.327 e. The number of nitrogens with zero attached hydrogens (tertiary/aromatic N) is 1. The Morgan fingerprint density at radius 3 is 2.76 bits per heavy atom. The smallest absolute Gasteiger partial charge is 0.327 e. The van der Waals surface area contributed by atoms with Crippen molar-refractivity contribution in [1.82, 2.24) is 10.3 Å². The van der Waals surface area contributed by atoms with E-state index in [0.29, 0.717) is 5.03 Å². The van der Waals surface area contributed by atoms with Gasteiger partial charge in [0.15, 0.2) is 0 Å². The minimum Gasteiger partial charge on any atom is -0.480 e. The molecule has 1 atom stereocenters. The molecule has 0 aliphatic carbocycles. The normalized spacial score (nSPS) is 11.9. The van der Waals surface area contributed by atoms with E-state index in [1.165, 1.54) is 19.1 Å². The van der Waals surface area contributed by atoms with Crippen LogP contribution in [0.2, 0.25) is 0 Å². The number of amides is 1. The lowest BCUT2D eigenvalue weighted by molar-refractivity contribution is -0.140. The van der Waals surface area contributed by atoms with Crippen molar-refractivity contribution in [3.8, 4) is 0 Å². The number of hydrogen-bond donors (Lipinski definition) is 2. The molecule has 1 aromatic rings. The maximum absolute atomic E-state index is 12.6. The van der Waals surface area contributed by atoms with Crippen LogP contribution in [0.5, 0.6) is 0 Å². The molecule has 7 heteroatoms. The first-order chi connectivity index (χ1) is 7.99. The van der Waals surface area contributed by atoms with Gasteiger partial charge < -0.3 is 10.4 Å². The molecule has 0 radical (unpaired) electrons. The highest BCUT2D eigenvalue weighted by molar-refractivity contribution is 7.99. The summed E-state index contributed by atoms with van der Waals surface area (Å²) in [6.45, 7) is 1.25. The summed E-state index contributed by atoms with van der Waals surface area (Å²) in [6.07, 6.45) is 1.05. The number of carbonyl (C=O) groups is 2. The third-order valence-electron chi connectivity index (χ3n) is 1.77. The molecule has 0 aromatic carbocycles. The summed E-state index contributed by atoms with van der Waals surface area (Å²) in [4.78, 5) is 25.3. The van der Waals surface area contributed by atoms with Crippen molar-refractivity contribution < 1.29 is 19.1 Å². The van der Waals surface area contributed by atoms with Crippen LogP contribution in [-0.4, -0.2) is 33.8 Å². The number of pyridine rings is 1. The zero-order chi connectivity index (χ0) is 12.8. The van der Waals surface area contributed by atoms with E-state index in [1.54, 1.807) is 0 Å². The second-order valence-electron chi connectivity index (χ2n) is 3.22. The Hall–Kier alpha value is -1.63. The second kappa shape index (κ2) is 6.19. The zero-order valence-corrected chi connectivity index (χ0v) is 9.83. The molecule has 5 nitrogen and oxygen atoms in total. The summed E-state index contributed by atoms with van der Waals surface area (Å²) in [6, 6.07) is 1.71. The predicted octanol–water partition coefficient (Wildman–Crippen LogP) is 0.902. The molecule has 0 unspecified atom stereocenters. The summed E-state index contributed by atoms with van der Waals surface area (Å²) < 4.78 is 12.6. The molecule has 2 N–H and O–H groups in total. The molecule has 1 aromatic heterocycles. The van der Waals surface area contributed by atoms with Crippen LogP contribution in [0.4, 0.5) is 4.39 Å². The minimum absolute atomic E-state index is 0.132. The average molecular weight is 258 g/mol. The molecule has 1 amide bonds. The van der Waals surface area contributed by atoms with Gasteiger partial charge in [-0.25, -0.2) is 14.2 Å². The lowest BCUT2D eigenvalue weighted by atomic mass is 10.3. The van der Waals surface area contributed by atoms with Crippen LogP contribution in [0.3, 0.4) is 0 Å². The molecule has 0 bridgehead atoms. The van der Waals surface area contributed by atoms with Gasteiger partial charge in [0.05, 0.1) is 11.2 Å². The summed E-state index contributed by atoms with van der Waals surface area (Å²) in [5.41, 5.74) is 0. The van der Waals surface area contributed by atoms with Gasteiger partial charge in [0.1, 0.15) is 11.9 Å². The van der Waals surface area contributed by atoms with Gasteiger partial charge in [0.25, 0.3) is 0 Å². The molecule has 0 saturated heterocycles. The highest BCUT2D eigenvalue weighted by Crippen LogP contribution is 2.16. The fourth-order valence-electron chi connectivity index (χ4n) is 1.04. The Labute approximate surface area is 101 Å². The molecule has 0 aliphatic rings. The third-order valence-corrected chi connectivity index (χ3v) is 2.81. The van der Waals surface area contributed by atoms with Crippen molar-refractivity contribution in [2.45, 2.75) is 18.0 Å². The van der Waals surface area contributed by atoms with E-state index in [9.17, 15) is 14.0 Å². The molecular weight excluding hydrogens is 247 g/mol. The summed E-state index contributed by atoms with van der Waals surface area (Å²) in [5.74, 6) is -1.85.